The molecule has 0 bridgehead atoms. The van der Waals surface area contributed by atoms with Crippen molar-refractivity contribution in [3.8, 4) is 11.5 Å². The van der Waals surface area contributed by atoms with Gasteiger partial charge in [-0.15, -0.1) is 0 Å². The lowest BCUT2D eigenvalue weighted by Crippen LogP contribution is -2.43. The fourth-order valence-corrected chi connectivity index (χ4v) is 2.71. The first-order valence-electron chi connectivity index (χ1n) is 7.12. The van der Waals surface area contributed by atoms with Crippen LogP contribution in [0.2, 0.25) is 0 Å². The Morgan fingerprint density at radius 2 is 1.95 bits per heavy atom. The van der Waals surface area contributed by atoms with E-state index in [1.165, 1.54) is 7.11 Å². The summed E-state index contributed by atoms with van der Waals surface area (Å²) in [5.74, 6) is 1.11. The quantitative estimate of drug-likeness (QED) is 0.708. The third kappa shape index (κ3) is 4.61. The molecule has 1 rings (SSSR count). The van der Waals surface area contributed by atoms with Gasteiger partial charge in [0.2, 0.25) is 0 Å². The molecule has 1 unspecified atom stereocenters. The molecule has 0 aliphatic heterocycles. The van der Waals surface area contributed by atoms with E-state index in [-0.39, 0.29) is 11.5 Å². The van der Waals surface area contributed by atoms with Gasteiger partial charge in [-0.1, -0.05) is 13.0 Å². The van der Waals surface area contributed by atoms with Crippen LogP contribution in [0, 0.1) is 0 Å². The summed E-state index contributed by atoms with van der Waals surface area (Å²) in [6.45, 7) is 4.65. The van der Waals surface area contributed by atoms with Gasteiger partial charge in [-0.3, -0.25) is 4.79 Å². The first kappa shape index (κ1) is 18.8. The lowest BCUT2D eigenvalue weighted by Gasteiger charge is -2.29. The first-order chi connectivity index (χ1) is 10.4. The lowest BCUT2D eigenvalue weighted by atomic mass is 9.94. The molecule has 0 saturated carbocycles. The minimum Gasteiger partial charge on any atom is -0.493 e. The van der Waals surface area contributed by atoms with E-state index in [2.05, 4.69) is 21.2 Å². The van der Waals surface area contributed by atoms with Gasteiger partial charge in [-0.25, -0.2) is 0 Å². The van der Waals surface area contributed by atoms with Crippen LogP contribution >= 0.6 is 15.9 Å². The smallest absolute Gasteiger partial charge is 0.307 e. The number of benzene rings is 1. The standard InChI is InChI=1S/C16H24BrNO4/c1-6-16(2,9-13(19)21-4)18-10-11-7-8-12(20-3)15(22-5)14(11)17/h7-8,18H,6,9-10H2,1-5H3. The summed E-state index contributed by atoms with van der Waals surface area (Å²) in [5, 5.41) is 3.43. The van der Waals surface area contributed by atoms with E-state index in [0.717, 1.165) is 16.5 Å². The SMILES string of the molecule is CCC(C)(CC(=O)OC)NCc1ccc(OC)c(OC)c1Br. The Balaban J connectivity index is 2.88. The summed E-state index contributed by atoms with van der Waals surface area (Å²) in [7, 11) is 4.61. The van der Waals surface area contributed by atoms with E-state index in [1.807, 2.05) is 26.0 Å². The molecule has 1 atom stereocenters. The molecular formula is C16H24BrNO4. The molecular weight excluding hydrogens is 350 g/mol. The van der Waals surface area contributed by atoms with Crippen LogP contribution in [-0.4, -0.2) is 32.8 Å². The molecule has 0 heterocycles. The van der Waals surface area contributed by atoms with Crippen molar-refractivity contribution in [2.24, 2.45) is 0 Å². The van der Waals surface area contributed by atoms with Crippen LogP contribution in [0.1, 0.15) is 32.3 Å². The average Bonchev–Trinajstić information content (AvgIpc) is 2.53. The molecule has 1 aromatic carbocycles. The largest absolute Gasteiger partial charge is 0.493 e. The maximum atomic E-state index is 11.5. The molecule has 0 saturated heterocycles. The minimum atomic E-state index is -0.320. The highest BCUT2D eigenvalue weighted by atomic mass is 79.9. The maximum absolute atomic E-state index is 11.5. The molecule has 5 nitrogen and oxygen atoms in total. The van der Waals surface area contributed by atoms with Crippen molar-refractivity contribution >= 4 is 21.9 Å². The molecule has 6 heteroatoms. The van der Waals surface area contributed by atoms with Gasteiger partial charge in [0.1, 0.15) is 0 Å². The number of ether oxygens (including phenoxy) is 3. The van der Waals surface area contributed by atoms with Gasteiger partial charge in [0, 0.05) is 12.1 Å². The van der Waals surface area contributed by atoms with Crippen LogP contribution in [0.25, 0.3) is 0 Å². The molecule has 1 aromatic rings. The second-order valence-corrected chi connectivity index (χ2v) is 6.09. The molecule has 0 radical (unpaired) electrons. The van der Waals surface area contributed by atoms with Crippen molar-refractivity contribution in [3.63, 3.8) is 0 Å². The minimum absolute atomic E-state index is 0.219. The summed E-state index contributed by atoms with van der Waals surface area (Å²) in [6, 6.07) is 3.83. The fraction of sp³-hybridized carbons (Fsp3) is 0.562. The van der Waals surface area contributed by atoms with Crippen molar-refractivity contribution < 1.29 is 19.0 Å². The van der Waals surface area contributed by atoms with E-state index in [0.29, 0.717) is 24.5 Å². The van der Waals surface area contributed by atoms with E-state index >= 15 is 0 Å². The average molecular weight is 374 g/mol. The van der Waals surface area contributed by atoms with Gasteiger partial charge in [0.05, 0.1) is 32.2 Å². The van der Waals surface area contributed by atoms with Gasteiger partial charge in [-0.05, 0) is 40.9 Å². The van der Waals surface area contributed by atoms with Crippen molar-refractivity contribution in [2.45, 2.75) is 38.8 Å². The monoisotopic (exact) mass is 373 g/mol. The highest BCUT2D eigenvalue weighted by Gasteiger charge is 2.26. The van der Waals surface area contributed by atoms with Gasteiger partial charge in [0.25, 0.3) is 0 Å². The maximum Gasteiger partial charge on any atom is 0.307 e. The van der Waals surface area contributed by atoms with E-state index in [4.69, 9.17) is 14.2 Å². The normalized spacial score (nSPS) is 13.4. The predicted octanol–water partition coefficient (Wildman–Crippen LogP) is 3.29. The summed E-state index contributed by atoms with van der Waals surface area (Å²) < 4.78 is 16.3. The summed E-state index contributed by atoms with van der Waals surface area (Å²) in [4.78, 5) is 11.5. The van der Waals surface area contributed by atoms with Crippen LogP contribution in [0.5, 0.6) is 11.5 Å². The number of hydrogen-bond donors (Lipinski definition) is 1. The van der Waals surface area contributed by atoms with Crippen LogP contribution in [-0.2, 0) is 16.1 Å². The molecule has 22 heavy (non-hydrogen) atoms. The number of halogens is 1. The first-order valence-corrected chi connectivity index (χ1v) is 7.91. The number of carbonyl (C=O) groups excluding carboxylic acids is 1. The van der Waals surface area contributed by atoms with Crippen molar-refractivity contribution in [3.05, 3.63) is 22.2 Å². The van der Waals surface area contributed by atoms with Crippen molar-refractivity contribution in [1.29, 1.82) is 0 Å². The molecule has 0 aliphatic carbocycles. The Morgan fingerprint density at radius 3 is 2.45 bits per heavy atom. The molecule has 0 fully saturated rings. The number of methoxy groups -OCH3 is 3. The number of carbonyl (C=O) groups is 1. The van der Waals surface area contributed by atoms with E-state index in [1.54, 1.807) is 14.2 Å². The number of esters is 1. The highest BCUT2D eigenvalue weighted by molar-refractivity contribution is 9.10. The Kier molecular flexibility index (Phi) is 7.16. The second kappa shape index (κ2) is 8.39. The van der Waals surface area contributed by atoms with Gasteiger partial charge < -0.3 is 19.5 Å². The van der Waals surface area contributed by atoms with Gasteiger partial charge >= 0.3 is 5.97 Å². The number of rotatable bonds is 8. The predicted molar refractivity (Wildman–Crippen MR) is 89.4 cm³/mol. The van der Waals surface area contributed by atoms with Crippen LogP contribution in [0.3, 0.4) is 0 Å². The molecule has 0 aliphatic rings. The van der Waals surface area contributed by atoms with Crippen LogP contribution in [0.15, 0.2) is 16.6 Å². The molecule has 0 aromatic heterocycles. The number of nitrogens with one attached hydrogen (secondary N) is 1. The third-order valence-corrected chi connectivity index (χ3v) is 4.68. The van der Waals surface area contributed by atoms with E-state index < -0.39 is 0 Å². The number of hydrogen-bond acceptors (Lipinski definition) is 5. The fourth-order valence-electron chi connectivity index (χ4n) is 2.08. The Morgan fingerprint density at radius 1 is 1.27 bits per heavy atom. The van der Waals surface area contributed by atoms with E-state index in [9.17, 15) is 4.79 Å². The summed E-state index contributed by atoms with van der Waals surface area (Å²) in [5.41, 5.74) is 0.710. The molecule has 0 spiro atoms. The second-order valence-electron chi connectivity index (χ2n) is 5.29. The zero-order valence-electron chi connectivity index (χ0n) is 13.8. The highest BCUT2D eigenvalue weighted by Crippen LogP contribution is 2.37. The van der Waals surface area contributed by atoms with Crippen LogP contribution < -0.4 is 14.8 Å². The summed E-state index contributed by atoms with van der Waals surface area (Å²) in [6.07, 6.45) is 1.14. The topological polar surface area (TPSA) is 56.8 Å². The van der Waals surface area contributed by atoms with Gasteiger partial charge in [0.15, 0.2) is 11.5 Å². The van der Waals surface area contributed by atoms with Crippen LogP contribution in [0.4, 0.5) is 0 Å². The molecule has 0 amide bonds. The Hall–Kier alpha value is -1.27. The van der Waals surface area contributed by atoms with Crippen molar-refractivity contribution in [2.75, 3.05) is 21.3 Å². The Bertz CT molecular complexity index is 521. The van der Waals surface area contributed by atoms with Crippen molar-refractivity contribution in [1.82, 2.24) is 5.32 Å². The lowest BCUT2D eigenvalue weighted by molar-refractivity contribution is -0.142. The Labute approximate surface area is 140 Å². The van der Waals surface area contributed by atoms with Gasteiger partial charge in [-0.2, -0.15) is 0 Å². The summed E-state index contributed by atoms with van der Waals surface area (Å²) >= 11 is 3.55. The molecule has 1 N–H and O–H groups in total. The third-order valence-electron chi connectivity index (χ3n) is 3.81. The zero-order chi connectivity index (χ0) is 16.8. The molecule has 124 valence electrons. The zero-order valence-corrected chi connectivity index (χ0v) is 15.4.